The molecule has 0 aromatic heterocycles. The molecule has 0 radical (unpaired) electrons. The Morgan fingerprint density at radius 1 is 0.674 bits per heavy atom. The SMILES string of the molecule is O=C(c1ccc([N+](=O)[O-])cc1)N(Cc1ccccc1[N+](=O)[O-])N1C(=O)[C@@H]2C3c4ccccc4C(c4ccccc43)[C@H]2C1=O. The molecule has 0 unspecified atom stereocenters. The number of para-hydroxylation sites is 1. The molecule has 1 aliphatic heterocycles. The van der Waals surface area contributed by atoms with E-state index in [1.807, 2.05) is 48.5 Å². The van der Waals surface area contributed by atoms with Crippen LogP contribution in [0.3, 0.4) is 0 Å². The molecule has 2 bridgehead atoms. The van der Waals surface area contributed by atoms with Crippen LogP contribution < -0.4 is 0 Å². The molecule has 11 nitrogen and oxygen atoms in total. The van der Waals surface area contributed by atoms with Crippen LogP contribution in [0.2, 0.25) is 0 Å². The molecule has 1 heterocycles. The molecular formula is C32H22N4O7. The Bertz CT molecular complexity index is 1760. The maximum atomic E-state index is 14.4. The molecule has 212 valence electrons. The van der Waals surface area contributed by atoms with Gasteiger partial charge in [-0.2, -0.15) is 5.01 Å². The number of imide groups is 1. The Balaban J connectivity index is 1.35. The summed E-state index contributed by atoms with van der Waals surface area (Å²) in [4.78, 5) is 64.6. The van der Waals surface area contributed by atoms with Gasteiger partial charge >= 0.3 is 0 Å². The van der Waals surface area contributed by atoms with Crippen molar-refractivity contribution in [1.82, 2.24) is 10.0 Å². The largest absolute Gasteiger partial charge is 0.274 e. The first-order valence-electron chi connectivity index (χ1n) is 13.6. The first-order chi connectivity index (χ1) is 20.8. The summed E-state index contributed by atoms with van der Waals surface area (Å²) in [5, 5.41) is 24.8. The molecule has 3 amide bonds. The van der Waals surface area contributed by atoms with Crippen molar-refractivity contribution >= 4 is 29.1 Å². The van der Waals surface area contributed by atoms with Gasteiger partial charge in [0.2, 0.25) is 0 Å². The average molecular weight is 575 g/mol. The normalized spacial score (nSPS) is 21.2. The van der Waals surface area contributed by atoms with E-state index in [0.717, 1.165) is 44.4 Å². The van der Waals surface area contributed by atoms with Crippen LogP contribution in [0.15, 0.2) is 97.1 Å². The van der Waals surface area contributed by atoms with E-state index in [9.17, 15) is 34.6 Å². The zero-order chi connectivity index (χ0) is 30.0. The summed E-state index contributed by atoms with van der Waals surface area (Å²) < 4.78 is 0. The minimum atomic E-state index is -0.796. The van der Waals surface area contributed by atoms with E-state index in [4.69, 9.17) is 0 Å². The van der Waals surface area contributed by atoms with Crippen LogP contribution in [0, 0.1) is 32.1 Å². The maximum Gasteiger partial charge on any atom is 0.274 e. The first kappa shape index (κ1) is 26.2. The second kappa shape index (κ2) is 9.69. The molecule has 2 atom stereocenters. The van der Waals surface area contributed by atoms with Crippen molar-refractivity contribution in [2.24, 2.45) is 11.8 Å². The number of hydrogen-bond acceptors (Lipinski definition) is 7. The lowest BCUT2D eigenvalue weighted by Gasteiger charge is -2.45. The topological polar surface area (TPSA) is 144 Å². The highest BCUT2D eigenvalue weighted by Crippen LogP contribution is 2.61. The van der Waals surface area contributed by atoms with Gasteiger partial charge in [0.25, 0.3) is 29.1 Å². The van der Waals surface area contributed by atoms with Gasteiger partial charge in [0.05, 0.1) is 33.8 Å². The van der Waals surface area contributed by atoms with Crippen LogP contribution in [0.25, 0.3) is 0 Å². The minimum Gasteiger partial charge on any atom is -0.272 e. The lowest BCUT2D eigenvalue weighted by Crippen LogP contribution is -2.50. The average Bonchev–Trinajstić information content (AvgIpc) is 3.29. The highest BCUT2D eigenvalue weighted by molar-refractivity contribution is 6.09. The standard InChI is InChI=1S/C32H22N4O7/c37-30(18-13-15-20(16-14-18)35(40)41)33(17-19-7-1-6-12-25(19)36(42)43)34-31(38)28-26-21-8-2-3-9-22(21)27(29(28)32(34)39)24-11-5-4-10-23(24)26/h1-16,26-29H,17H2/t26?,27?,28-,29-/m1/s1. The van der Waals surface area contributed by atoms with E-state index < -0.39 is 57.8 Å². The predicted octanol–water partition coefficient (Wildman–Crippen LogP) is 4.95. The molecule has 1 saturated heterocycles. The Morgan fingerprint density at radius 3 is 1.60 bits per heavy atom. The summed E-state index contributed by atoms with van der Waals surface area (Å²) in [5.74, 6) is -4.31. The van der Waals surface area contributed by atoms with Crippen molar-refractivity contribution in [3.63, 3.8) is 0 Å². The van der Waals surface area contributed by atoms with Crippen molar-refractivity contribution in [1.29, 1.82) is 0 Å². The fourth-order valence-corrected chi connectivity index (χ4v) is 6.99. The van der Waals surface area contributed by atoms with Crippen LogP contribution in [0.4, 0.5) is 11.4 Å². The van der Waals surface area contributed by atoms with Crippen LogP contribution >= 0.6 is 0 Å². The molecule has 0 saturated carbocycles. The number of non-ortho nitro benzene ring substituents is 1. The van der Waals surface area contributed by atoms with E-state index in [1.165, 1.54) is 30.3 Å². The van der Waals surface area contributed by atoms with Gasteiger partial charge in [0.15, 0.2) is 0 Å². The number of hydrazine groups is 1. The number of benzene rings is 4. The molecular weight excluding hydrogens is 552 g/mol. The third kappa shape index (κ3) is 3.85. The van der Waals surface area contributed by atoms with E-state index in [2.05, 4.69) is 0 Å². The van der Waals surface area contributed by atoms with Gasteiger partial charge < -0.3 is 0 Å². The van der Waals surface area contributed by atoms with Gasteiger partial charge in [-0.3, -0.25) is 34.6 Å². The molecule has 43 heavy (non-hydrogen) atoms. The lowest BCUT2D eigenvalue weighted by atomic mass is 9.55. The van der Waals surface area contributed by atoms with Crippen LogP contribution in [0.1, 0.15) is 50.0 Å². The smallest absolute Gasteiger partial charge is 0.272 e. The van der Waals surface area contributed by atoms with Crippen LogP contribution in [0.5, 0.6) is 0 Å². The number of carbonyl (C=O) groups is 3. The number of rotatable bonds is 6. The van der Waals surface area contributed by atoms with E-state index in [1.54, 1.807) is 6.07 Å². The number of nitrogens with zero attached hydrogens (tertiary/aromatic N) is 4. The third-order valence-corrected chi connectivity index (χ3v) is 8.73. The minimum absolute atomic E-state index is 0.0193. The fourth-order valence-electron chi connectivity index (χ4n) is 6.99. The Morgan fingerprint density at radius 2 is 1.14 bits per heavy atom. The molecule has 1 fully saturated rings. The van der Waals surface area contributed by atoms with Gasteiger partial charge in [-0.05, 0) is 34.4 Å². The summed E-state index contributed by atoms with van der Waals surface area (Å²) >= 11 is 0. The highest BCUT2D eigenvalue weighted by atomic mass is 16.6. The zero-order valence-electron chi connectivity index (χ0n) is 22.4. The molecule has 4 aromatic rings. The van der Waals surface area contributed by atoms with E-state index in [0.29, 0.717) is 0 Å². The van der Waals surface area contributed by atoms with Gasteiger partial charge in [0.1, 0.15) is 0 Å². The molecule has 4 aromatic carbocycles. The quantitative estimate of drug-likeness (QED) is 0.180. The first-order valence-corrected chi connectivity index (χ1v) is 13.6. The molecule has 8 rings (SSSR count). The Hall–Kier alpha value is -5.71. The molecule has 11 heteroatoms. The van der Waals surface area contributed by atoms with Gasteiger partial charge in [0, 0.05) is 35.6 Å². The third-order valence-electron chi connectivity index (χ3n) is 8.73. The van der Waals surface area contributed by atoms with Gasteiger partial charge in [-0.25, -0.2) is 5.01 Å². The monoisotopic (exact) mass is 574 g/mol. The van der Waals surface area contributed by atoms with Crippen LogP contribution in [-0.4, -0.2) is 37.6 Å². The number of amides is 3. The molecule has 3 aliphatic carbocycles. The Labute approximate surface area is 244 Å². The van der Waals surface area contributed by atoms with Crippen molar-refractivity contribution in [3.8, 4) is 0 Å². The van der Waals surface area contributed by atoms with Crippen molar-refractivity contribution < 1.29 is 24.2 Å². The van der Waals surface area contributed by atoms with Gasteiger partial charge in [-0.1, -0.05) is 66.7 Å². The van der Waals surface area contributed by atoms with Gasteiger partial charge in [-0.15, -0.1) is 0 Å². The lowest BCUT2D eigenvalue weighted by molar-refractivity contribution is -0.385. The fraction of sp³-hybridized carbons (Fsp3) is 0.156. The predicted molar refractivity (Wildman–Crippen MR) is 151 cm³/mol. The summed E-state index contributed by atoms with van der Waals surface area (Å²) in [7, 11) is 0. The number of carbonyl (C=O) groups excluding carboxylic acids is 3. The Kier molecular flexibility index (Phi) is 5.91. The summed E-state index contributed by atoms with van der Waals surface area (Å²) in [5.41, 5.74) is 3.42. The molecule has 4 aliphatic rings. The van der Waals surface area contributed by atoms with Crippen molar-refractivity contribution in [2.45, 2.75) is 18.4 Å². The van der Waals surface area contributed by atoms with E-state index >= 15 is 0 Å². The number of nitro benzene ring substituents is 2. The highest BCUT2D eigenvalue weighted by Gasteiger charge is 2.63. The zero-order valence-corrected chi connectivity index (χ0v) is 22.4. The molecule has 0 spiro atoms. The maximum absolute atomic E-state index is 14.4. The second-order valence-corrected chi connectivity index (χ2v) is 10.8. The number of nitro groups is 2. The van der Waals surface area contributed by atoms with E-state index in [-0.39, 0.29) is 22.5 Å². The van der Waals surface area contributed by atoms with Crippen LogP contribution in [-0.2, 0) is 16.1 Å². The van der Waals surface area contributed by atoms with Crippen molar-refractivity contribution in [2.75, 3.05) is 0 Å². The number of hydrogen-bond donors (Lipinski definition) is 0. The summed E-state index contributed by atoms with van der Waals surface area (Å²) in [6.45, 7) is -0.445. The summed E-state index contributed by atoms with van der Waals surface area (Å²) in [6, 6.07) is 26.0. The molecule has 0 N–H and O–H groups in total. The summed E-state index contributed by atoms with van der Waals surface area (Å²) in [6.07, 6.45) is 0. The van der Waals surface area contributed by atoms with Crippen molar-refractivity contribution in [3.05, 3.63) is 151 Å². The second-order valence-electron chi connectivity index (χ2n) is 10.8.